The second kappa shape index (κ2) is 4.43. The zero-order valence-electron chi connectivity index (χ0n) is 8.08. The molecule has 1 rings (SSSR count). The first-order valence-corrected chi connectivity index (χ1v) is 4.56. The van der Waals surface area contributed by atoms with Crippen molar-refractivity contribution < 1.29 is 9.90 Å². The van der Waals surface area contributed by atoms with Gasteiger partial charge < -0.3 is 20.6 Å². The van der Waals surface area contributed by atoms with Crippen LogP contribution in [0.25, 0.3) is 0 Å². The van der Waals surface area contributed by atoms with Crippen LogP contribution in [0.1, 0.15) is 6.92 Å². The van der Waals surface area contributed by atoms with Crippen LogP contribution >= 0.6 is 0 Å². The molecule has 0 saturated carbocycles. The molecule has 0 unspecified atom stereocenters. The average molecular weight is 187 g/mol. The van der Waals surface area contributed by atoms with Crippen LogP contribution in [0.4, 0.5) is 4.79 Å². The number of amides is 2. The monoisotopic (exact) mass is 187 g/mol. The Hall–Kier alpha value is -0.810. The van der Waals surface area contributed by atoms with Crippen LogP contribution < -0.4 is 10.6 Å². The van der Waals surface area contributed by atoms with E-state index < -0.39 is 6.10 Å². The summed E-state index contributed by atoms with van der Waals surface area (Å²) in [6.07, 6.45) is -0.451. The first-order chi connectivity index (χ1) is 6.16. The summed E-state index contributed by atoms with van der Waals surface area (Å²) in [5, 5.41) is 15.2. The number of nitrogens with one attached hydrogen (secondary N) is 2. The molecule has 0 aliphatic carbocycles. The maximum atomic E-state index is 11.4. The van der Waals surface area contributed by atoms with Crippen LogP contribution in [0.15, 0.2) is 0 Å². The lowest BCUT2D eigenvalue weighted by atomic mass is 10.2. The van der Waals surface area contributed by atoms with Crippen molar-refractivity contribution in [3.63, 3.8) is 0 Å². The number of carbonyl (C=O) groups is 1. The molecule has 0 aromatic heterocycles. The van der Waals surface area contributed by atoms with Crippen LogP contribution in [0.2, 0.25) is 0 Å². The molecule has 3 N–H and O–H groups in total. The largest absolute Gasteiger partial charge is 0.390 e. The third-order valence-corrected chi connectivity index (χ3v) is 2.30. The van der Waals surface area contributed by atoms with Gasteiger partial charge in [0.25, 0.3) is 0 Å². The van der Waals surface area contributed by atoms with Crippen molar-refractivity contribution in [2.75, 3.05) is 26.7 Å². The summed E-state index contributed by atoms with van der Waals surface area (Å²) in [4.78, 5) is 12.9. The smallest absolute Gasteiger partial charge is 0.317 e. The fourth-order valence-electron chi connectivity index (χ4n) is 1.47. The zero-order chi connectivity index (χ0) is 9.84. The highest BCUT2D eigenvalue weighted by molar-refractivity contribution is 5.74. The Morgan fingerprint density at radius 1 is 1.69 bits per heavy atom. The number of hydrogen-bond donors (Lipinski definition) is 3. The Kier molecular flexibility index (Phi) is 3.50. The quantitative estimate of drug-likeness (QED) is 0.518. The summed E-state index contributed by atoms with van der Waals surface area (Å²) in [6, 6.07) is -0.234. The van der Waals surface area contributed by atoms with Gasteiger partial charge >= 0.3 is 6.03 Å². The van der Waals surface area contributed by atoms with E-state index in [4.69, 9.17) is 0 Å². The molecule has 5 nitrogen and oxygen atoms in total. The lowest BCUT2D eigenvalue weighted by Gasteiger charge is -2.26. The number of aliphatic hydroxyl groups is 1. The zero-order valence-corrected chi connectivity index (χ0v) is 8.08. The van der Waals surface area contributed by atoms with E-state index in [-0.39, 0.29) is 12.1 Å². The lowest BCUT2D eigenvalue weighted by molar-refractivity contribution is 0.110. The van der Waals surface area contributed by atoms with Gasteiger partial charge in [-0.25, -0.2) is 4.79 Å². The van der Waals surface area contributed by atoms with Crippen LogP contribution in [-0.2, 0) is 0 Å². The molecule has 0 aromatic rings. The normalized spacial score (nSPS) is 27.3. The maximum absolute atomic E-state index is 11.4. The van der Waals surface area contributed by atoms with E-state index in [0.29, 0.717) is 19.6 Å². The summed E-state index contributed by atoms with van der Waals surface area (Å²) < 4.78 is 0. The van der Waals surface area contributed by atoms with E-state index in [2.05, 4.69) is 10.6 Å². The molecule has 2 atom stereocenters. The van der Waals surface area contributed by atoms with Gasteiger partial charge in [-0.2, -0.15) is 0 Å². The predicted molar refractivity (Wildman–Crippen MR) is 49.5 cm³/mol. The van der Waals surface area contributed by atoms with Gasteiger partial charge in [-0.1, -0.05) is 0 Å². The minimum Gasteiger partial charge on any atom is -0.390 e. The van der Waals surface area contributed by atoms with Crippen LogP contribution in [0.5, 0.6) is 0 Å². The number of aliphatic hydroxyl groups excluding tert-OH is 1. The van der Waals surface area contributed by atoms with E-state index in [1.54, 1.807) is 11.9 Å². The van der Waals surface area contributed by atoms with Crippen molar-refractivity contribution in [3.8, 4) is 0 Å². The highest BCUT2D eigenvalue weighted by Crippen LogP contribution is 2.06. The topological polar surface area (TPSA) is 64.6 Å². The van der Waals surface area contributed by atoms with Crippen molar-refractivity contribution in [2.45, 2.75) is 19.1 Å². The highest BCUT2D eigenvalue weighted by atomic mass is 16.3. The molecule has 1 aliphatic heterocycles. The number of β-amino-alcohol motifs (C(OH)–C–C–N with tert-alkyl or cyclic N) is 1. The molecule has 13 heavy (non-hydrogen) atoms. The SMILES string of the molecule is CCNC(=O)N(C)[C@H]1CNC[C@@H]1O. The number of rotatable bonds is 2. The molecule has 2 amide bonds. The van der Waals surface area contributed by atoms with Gasteiger partial charge in [0.05, 0.1) is 12.1 Å². The molecule has 1 aliphatic rings. The van der Waals surface area contributed by atoms with Crippen LogP contribution in [0.3, 0.4) is 0 Å². The molecule has 0 bridgehead atoms. The van der Waals surface area contributed by atoms with Crippen molar-refractivity contribution in [3.05, 3.63) is 0 Å². The molecule has 0 radical (unpaired) electrons. The predicted octanol–water partition coefficient (Wildman–Crippen LogP) is -1.02. The fraction of sp³-hybridized carbons (Fsp3) is 0.875. The first-order valence-electron chi connectivity index (χ1n) is 4.56. The fourth-order valence-corrected chi connectivity index (χ4v) is 1.47. The van der Waals surface area contributed by atoms with E-state index in [1.807, 2.05) is 6.92 Å². The summed E-state index contributed by atoms with van der Waals surface area (Å²) in [6.45, 7) is 3.71. The summed E-state index contributed by atoms with van der Waals surface area (Å²) in [7, 11) is 1.70. The van der Waals surface area contributed by atoms with Gasteiger partial charge in [0.15, 0.2) is 0 Å². The third-order valence-electron chi connectivity index (χ3n) is 2.30. The summed E-state index contributed by atoms with van der Waals surface area (Å²) in [5.74, 6) is 0. The highest BCUT2D eigenvalue weighted by Gasteiger charge is 2.30. The lowest BCUT2D eigenvalue weighted by Crippen LogP contribution is -2.48. The van der Waals surface area contributed by atoms with Gasteiger partial charge in [-0.15, -0.1) is 0 Å². The molecule has 0 aromatic carbocycles. The average Bonchev–Trinajstić information content (AvgIpc) is 2.50. The molecular weight excluding hydrogens is 170 g/mol. The number of carbonyl (C=O) groups excluding carboxylic acids is 1. The first kappa shape index (κ1) is 10.3. The second-order valence-corrected chi connectivity index (χ2v) is 3.24. The molecular formula is C8H17N3O2. The number of nitrogens with zero attached hydrogens (tertiary/aromatic N) is 1. The van der Waals surface area contributed by atoms with Crippen LogP contribution in [-0.4, -0.2) is 54.9 Å². The van der Waals surface area contributed by atoms with Gasteiger partial charge in [-0.05, 0) is 6.92 Å². The number of likely N-dealkylation sites (N-methyl/N-ethyl adjacent to an activating group) is 1. The molecule has 5 heteroatoms. The van der Waals surface area contributed by atoms with Crippen LogP contribution in [0, 0.1) is 0 Å². The van der Waals surface area contributed by atoms with Gasteiger partial charge in [-0.3, -0.25) is 0 Å². The number of urea groups is 1. The van der Waals surface area contributed by atoms with Crippen molar-refractivity contribution in [2.24, 2.45) is 0 Å². The van der Waals surface area contributed by atoms with Gasteiger partial charge in [0.1, 0.15) is 0 Å². The van der Waals surface area contributed by atoms with E-state index in [1.165, 1.54) is 0 Å². The van der Waals surface area contributed by atoms with Crippen molar-refractivity contribution >= 4 is 6.03 Å². The maximum Gasteiger partial charge on any atom is 0.317 e. The Morgan fingerprint density at radius 3 is 2.85 bits per heavy atom. The van der Waals surface area contributed by atoms with Crippen molar-refractivity contribution in [1.29, 1.82) is 0 Å². The Labute approximate surface area is 78.1 Å². The molecule has 1 heterocycles. The van der Waals surface area contributed by atoms with E-state index in [0.717, 1.165) is 0 Å². The van der Waals surface area contributed by atoms with Gasteiger partial charge in [0.2, 0.25) is 0 Å². The molecule has 1 fully saturated rings. The Balaban J connectivity index is 2.45. The Morgan fingerprint density at radius 2 is 2.38 bits per heavy atom. The van der Waals surface area contributed by atoms with E-state index >= 15 is 0 Å². The van der Waals surface area contributed by atoms with Crippen molar-refractivity contribution in [1.82, 2.24) is 15.5 Å². The minimum atomic E-state index is -0.451. The standard InChI is InChI=1S/C8H17N3O2/c1-3-10-8(13)11(2)6-4-9-5-7(6)12/h6-7,9,12H,3-5H2,1-2H3,(H,10,13)/t6-,7-/m0/s1. The third kappa shape index (κ3) is 2.32. The summed E-state index contributed by atoms with van der Waals surface area (Å²) >= 11 is 0. The Bertz CT molecular complexity index is 186. The minimum absolute atomic E-state index is 0.105. The molecule has 76 valence electrons. The van der Waals surface area contributed by atoms with E-state index in [9.17, 15) is 9.90 Å². The summed E-state index contributed by atoms with van der Waals surface area (Å²) in [5.41, 5.74) is 0. The molecule has 1 saturated heterocycles. The van der Waals surface area contributed by atoms with Gasteiger partial charge in [0, 0.05) is 26.7 Å². The second-order valence-electron chi connectivity index (χ2n) is 3.24. The number of hydrogen-bond acceptors (Lipinski definition) is 3. The molecule has 0 spiro atoms.